The van der Waals surface area contributed by atoms with Crippen LogP contribution in [0.1, 0.15) is 22.9 Å². The van der Waals surface area contributed by atoms with Crippen molar-refractivity contribution in [3.8, 4) is 0 Å². The predicted molar refractivity (Wildman–Crippen MR) is 77.8 cm³/mol. The Balaban J connectivity index is 0.000000289. The number of hydrogen-bond acceptors (Lipinski definition) is 6. The van der Waals surface area contributed by atoms with Gasteiger partial charge in [-0.15, -0.1) is 11.6 Å². The monoisotopic (exact) mass is 362 g/mol. The molecule has 0 saturated heterocycles. The Labute approximate surface area is 132 Å². The van der Waals surface area contributed by atoms with Crippen LogP contribution in [0.15, 0.2) is 21.2 Å². The number of rotatable bonds is 2. The minimum atomic E-state index is -1.67. The van der Waals surface area contributed by atoms with E-state index in [4.69, 9.17) is 25.4 Å². The normalized spacial score (nSPS) is 9.55. The summed E-state index contributed by atoms with van der Waals surface area (Å²) in [5.74, 6) is 1.96. The first-order valence-electron chi connectivity index (χ1n) is 5.14. The van der Waals surface area contributed by atoms with E-state index in [9.17, 15) is 0 Å². The fourth-order valence-electron chi connectivity index (χ4n) is 0.973. The van der Waals surface area contributed by atoms with Crippen molar-refractivity contribution in [2.24, 2.45) is 0 Å². The van der Waals surface area contributed by atoms with Gasteiger partial charge in [-0.3, -0.25) is 0 Å². The maximum Gasteiger partial charge on any atom is 0.211 e. The molecule has 0 spiro atoms. The molecule has 2 rings (SSSR count). The van der Waals surface area contributed by atoms with Gasteiger partial charge in [0.25, 0.3) is 0 Å². The SMILES string of the molecule is Cc1cc(CCl)no1.Cc1cc(CO)no1.O=S(Cl)Cl. The Kier molecular flexibility index (Phi) is 10.8. The summed E-state index contributed by atoms with van der Waals surface area (Å²) in [5, 5.41) is 15.6. The van der Waals surface area contributed by atoms with Gasteiger partial charge in [-0.2, -0.15) is 0 Å². The topological polar surface area (TPSA) is 89.4 Å². The van der Waals surface area contributed by atoms with Crippen molar-refractivity contribution in [3.63, 3.8) is 0 Å². The lowest BCUT2D eigenvalue weighted by molar-refractivity contribution is 0.265. The third-order valence-corrected chi connectivity index (χ3v) is 1.93. The molecule has 2 heterocycles. The number of alkyl halides is 1. The summed E-state index contributed by atoms with van der Waals surface area (Å²) < 4.78 is 18.5. The Morgan fingerprint density at radius 2 is 1.55 bits per heavy atom. The molecule has 0 aromatic carbocycles. The largest absolute Gasteiger partial charge is 0.390 e. The van der Waals surface area contributed by atoms with Crippen LogP contribution in [0.4, 0.5) is 0 Å². The lowest BCUT2D eigenvalue weighted by Crippen LogP contribution is -1.78. The molecule has 114 valence electrons. The first-order chi connectivity index (χ1) is 9.38. The van der Waals surface area contributed by atoms with Crippen molar-refractivity contribution in [2.45, 2.75) is 26.3 Å². The van der Waals surface area contributed by atoms with Crippen molar-refractivity contribution in [2.75, 3.05) is 0 Å². The van der Waals surface area contributed by atoms with Gasteiger partial charge in [-0.1, -0.05) is 10.3 Å². The Morgan fingerprint density at radius 1 is 1.15 bits per heavy atom. The molecule has 2 aromatic rings. The molecule has 0 aliphatic carbocycles. The second kappa shape index (κ2) is 11.1. The zero-order chi connectivity index (χ0) is 15.5. The van der Waals surface area contributed by atoms with Crippen LogP contribution in [0.25, 0.3) is 0 Å². The maximum atomic E-state index is 9.09. The van der Waals surface area contributed by atoms with Crippen LogP contribution in [-0.4, -0.2) is 19.6 Å². The van der Waals surface area contributed by atoms with E-state index in [2.05, 4.69) is 36.2 Å². The molecule has 0 saturated carbocycles. The maximum absolute atomic E-state index is 9.09. The van der Waals surface area contributed by atoms with Gasteiger partial charge in [0, 0.05) is 33.5 Å². The molecule has 0 radical (unpaired) electrons. The molecule has 0 atom stereocenters. The molecular formula is C10H13Cl3N2O4S. The highest BCUT2D eigenvalue weighted by Gasteiger charge is 1.95. The van der Waals surface area contributed by atoms with Crippen LogP contribution in [0, 0.1) is 13.8 Å². The van der Waals surface area contributed by atoms with Crippen molar-refractivity contribution < 1.29 is 18.4 Å². The van der Waals surface area contributed by atoms with Gasteiger partial charge in [-0.25, -0.2) is 4.21 Å². The van der Waals surface area contributed by atoms with E-state index in [1.807, 2.05) is 13.0 Å². The zero-order valence-electron chi connectivity index (χ0n) is 10.7. The number of aliphatic hydroxyl groups is 1. The molecule has 0 unspecified atom stereocenters. The fourth-order valence-corrected chi connectivity index (χ4v) is 1.10. The summed E-state index contributed by atoms with van der Waals surface area (Å²) >= 11 is 5.42. The van der Waals surface area contributed by atoms with E-state index < -0.39 is 9.23 Å². The van der Waals surface area contributed by atoms with E-state index in [1.165, 1.54) is 0 Å². The second-order valence-corrected chi connectivity index (χ2v) is 6.13. The standard InChI is InChI=1S/C5H6ClNO.C5H7NO2.Cl2OS/c1-4-2-5(3-6)7-8-4;1-4-2-5(3-7)6-8-4;1-4(2)3/h2H,3H2,1H3;2,7H,3H2,1H3;. The van der Waals surface area contributed by atoms with E-state index in [1.54, 1.807) is 13.0 Å². The Morgan fingerprint density at radius 3 is 1.70 bits per heavy atom. The average molecular weight is 364 g/mol. The highest BCUT2D eigenvalue weighted by Crippen LogP contribution is 2.03. The molecule has 0 bridgehead atoms. The quantitative estimate of drug-likeness (QED) is 0.651. The summed E-state index contributed by atoms with van der Waals surface area (Å²) in [7, 11) is 7.36. The van der Waals surface area contributed by atoms with Crippen molar-refractivity contribution >= 4 is 42.2 Å². The van der Waals surface area contributed by atoms with E-state index in [-0.39, 0.29) is 6.61 Å². The number of aromatic nitrogens is 2. The highest BCUT2D eigenvalue weighted by atomic mass is 36.0. The fraction of sp³-hybridized carbons (Fsp3) is 0.400. The molecule has 0 fully saturated rings. The van der Waals surface area contributed by atoms with Crippen LogP contribution in [-0.2, 0) is 21.7 Å². The van der Waals surface area contributed by atoms with Crippen molar-refractivity contribution in [1.82, 2.24) is 10.3 Å². The first-order valence-corrected chi connectivity index (χ1v) is 8.48. The van der Waals surface area contributed by atoms with Crippen LogP contribution >= 0.6 is 33.0 Å². The summed E-state index contributed by atoms with van der Waals surface area (Å²) in [5.41, 5.74) is 1.38. The van der Waals surface area contributed by atoms with E-state index >= 15 is 0 Å². The Bertz CT molecular complexity index is 474. The van der Waals surface area contributed by atoms with Gasteiger partial charge in [0.1, 0.15) is 17.2 Å². The lowest BCUT2D eigenvalue weighted by atomic mass is 10.4. The number of hydrogen-bond donors (Lipinski definition) is 1. The van der Waals surface area contributed by atoms with Gasteiger partial charge in [0.2, 0.25) is 9.23 Å². The molecule has 2 aromatic heterocycles. The number of nitrogens with zero attached hydrogens (tertiary/aromatic N) is 2. The van der Waals surface area contributed by atoms with Gasteiger partial charge in [-0.05, 0) is 13.8 Å². The van der Waals surface area contributed by atoms with E-state index in [0.29, 0.717) is 11.6 Å². The van der Waals surface area contributed by atoms with Gasteiger partial charge in [0.05, 0.1) is 18.2 Å². The van der Waals surface area contributed by atoms with Gasteiger partial charge < -0.3 is 14.2 Å². The van der Waals surface area contributed by atoms with Crippen LogP contribution in [0.5, 0.6) is 0 Å². The first kappa shape index (κ1) is 19.4. The van der Waals surface area contributed by atoms with E-state index in [0.717, 1.165) is 17.2 Å². The molecule has 0 aliphatic heterocycles. The van der Waals surface area contributed by atoms with Crippen LogP contribution < -0.4 is 0 Å². The summed E-state index contributed by atoms with van der Waals surface area (Å²) in [6.07, 6.45) is 0. The minimum absolute atomic E-state index is 0.0443. The molecular weight excluding hydrogens is 351 g/mol. The summed E-state index contributed by atoms with van der Waals surface area (Å²) in [4.78, 5) is 0. The highest BCUT2D eigenvalue weighted by molar-refractivity contribution is 8.26. The van der Waals surface area contributed by atoms with Crippen LogP contribution in [0.2, 0.25) is 0 Å². The molecule has 1 N–H and O–H groups in total. The Hall–Kier alpha value is -0.600. The van der Waals surface area contributed by atoms with Gasteiger partial charge in [0.15, 0.2) is 0 Å². The number of halogens is 3. The average Bonchev–Trinajstić information content (AvgIpc) is 2.97. The summed E-state index contributed by atoms with van der Waals surface area (Å²) in [6, 6.07) is 3.51. The third kappa shape index (κ3) is 10.2. The molecule has 0 amide bonds. The second-order valence-electron chi connectivity index (χ2n) is 3.33. The zero-order valence-corrected chi connectivity index (χ0v) is 13.8. The number of aliphatic hydroxyl groups excluding tert-OH is 1. The molecule has 20 heavy (non-hydrogen) atoms. The minimum Gasteiger partial charge on any atom is -0.390 e. The van der Waals surface area contributed by atoms with Gasteiger partial charge >= 0.3 is 0 Å². The van der Waals surface area contributed by atoms with Crippen LogP contribution in [0.3, 0.4) is 0 Å². The predicted octanol–water partition coefficient (Wildman–Crippen LogP) is 3.24. The third-order valence-electron chi connectivity index (χ3n) is 1.65. The molecule has 10 heteroatoms. The van der Waals surface area contributed by atoms with Crippen molar-refractivity contribution in [1.29, 1.82) is 0 Å². The summed E-state index contributed by atoms with van der Waals surface area (Å²) in [6.45, 7) is 3.58. The lowest BCUT2D eigenvalue weighted by Gasteiger charge is -1.75. The number of aryl methyl sites for hydroxylation is 2. The smallest absolute Gasteiger partial charge is 0.211 e. The van der Waals surface area contributed by atoms with Crippen molar-refractivity contribution in [3.05, 3.63) is 35.0 Å². The molecule has 6 nitrogen and oxygen atoms in total. The molecule has 0 aliphatic rings.